The summed E-state index contributed by atoms with van der Waals surface area (Å²) in [5.74, 6) is 0.719. The third-order valence-corrected chi connectivity index (χ3v) is 6.36. The molecule has 0 saturated heterocycles. The van der Waals surface area contributed by atoms with Crippen molar-refractivity contribution in [3.05, 3.63) is 79.2 Å². The summed E-state index contributed by atoms with van der Waals surface area (Å²) in [4.78, 5) is 22.3. The molecule has 4 nitrogen and oxygen atoms in total. The SMILES string of the molecule is O=c1c2cc(Cl)ccc2nc2n1CC/C2=C/c1csc(-c2cccc(Br)c2)n1. The first kappa shape index (κ1) is 17.8. The molecule has 2 aromatic heterocycles. The highest BCUT2D eigenvalue weighted by Crippen LogP contribution is 2.31. The van der Waals surface area contributed by atoms with E-state index < -0.39 is 0 Å². The number of allylic oxidation sites excluding steroid dienone is 1. The first-order valence-electron chi connectivity index (χ1n) is 8.71. The van der Waals surface area contributed by atoms with E-state index in [1.807, 2.05) is 29.7 Å². The van der Waals surface area contributed by atoms with Crippen LogP contribution in [0.4, 0.5) is 0 Å². The zero-order chi connectivity index (χ0) is 19.3. The zero-order valence-electron chi connectivity index (χ0n) is 14.5. The Balaban J connectivity index is 1.56. The average Bonchev–Trinajstić information content (AvgIpc) is 3.31. The van der Waals surface area contributed by atoms with Crippen LogP contribution in [0, 0.1) is 0 Å². The van der Waals surface area contributed by atoms with Gasteiger partial charge in [-0.05, 0) is 48.4 Å². The summed E-state index contributed by atoms with van der Waals surface area (Å²) in [6.07, 6.45) is 2.79. The van der Waals surface area contributed by atoms with Gasteiger partial charge in [0.1, 0.15) is 10.8 Å². The molecule has 0 fully saturated rings. The van der Waals surface area contributed by atoms with Gasteiger partial charge >= 0.3 is 0 Å². The lowest BCUT2D eigenvalue weighted by molar-refractivity contribution is 0.725. The van der Waals surface area contributed by atoms with E-state index in [2.05, 4.69) is 22.0 Å². The molecule has 138 valence electrons. The van der Waals surface area contributed by atoms with Crippen LogP contribution in [0.15, 0.2) is 57.1 Å². The van der Waals surface area contributed by atoms with Crippen LogP contribution < -0.4 is 5.56 Å². The van der Waals surface area contributed by atoms with Crippen molar-refractivity contribution in [2.45, 2.75) is 13.0 Å². The molecule has 7 heteroatoms. The first-order valence-corrected chi connectivity index (χ1v) is 10.8. The Kier molecular flexibility index (Phi) is 4.42. The summed E-state index contributed by atoms with van der Waals surface area (Å²) >= 11 is 11.1. The van der Waals surface area contributed by atoms with Crippen LogP contribution in [0.3, 0.4) is 0 Å². The van der Waals surface area contributed by atoms with Gasteiger partial charge in [0.2, 0.25) is 0 Å². The van der Waals surface area contributed by atoms with Gasteiger partial charge in [-0.25, -0.2) is 9.97 Å². The smallest absolute Gasteiger partial charge is 0.261 e. The van der Waals surface area contributed by atoms with Gasteiger partial charge in [-0.15, -0.1) is 11.3 Å². The van der Waals surface area contributed by atoms with Crippen LogP contribution in [-0.2, 0) is 6.54 Å². The summed E-state index contributed by atoms with van der Waals surface area (Å²) in [5, 5.41) is 4.10. The molecule has 28 heavy (non-hydrogen) atoms. The molecule has 1 aliphatic rings. The van der Waals surface area contributed by atoms with Crippen LogP contribution >= 0.6 is 38.9 Å². The van der Waals surface area contributed by atoms with Crippen molar-refractivity contribution in [3.63, 3.8) is 0 Å². The number of benzene rings is 2. The highest BCUT2D eigenvalue weighted by molar-refractivity contribution is 9.10. The number of thiazole rings is 1. The number of hydrogen-bond donors (Lipinski definition) is 0. The van der Waals surface area contributed by atoms with Gasteiger partial charge in [-0.1, -0.05) is 39.7 Å². The highest BCUT2D eigenvalue weighted by atomic mass is 79.9. The van der Waals surface area contributed by atoms with Gasteiger partial charge in [-0.2, -0.15) is 0 Å². The molecule has 0 saturated carbocycles. The number of fused-ring (bicyclic) bond motifs is 2. The van der Waals surface area contributed by atoms with E-state index in [9.17, 15) is 4.79 Å². The topological polar surface area (TPSA) is 47.8 Å². The van der Waals surface area contributed by atoms with E-state index in [4.69, 9.17) is 21.6 Å². The Morgan fingerprint density at radius 1 is 1.18 bits per heavy atom. The molecule has 0 spiro atoms. The third-order valence-electron chi connectivity index (χ3n) is 4.72. The number of aromatic nitrogens is 3. The molecule has 0 radical (unpaired) electrons. The normalized spacial score (nSPS) is 14.7. The van der Waals surface area contributed by atoms with E-state index in [1.54, 1.807) is 34.1 Å². The van der Waals surface area contributed by atoms with E-state index in [0.717, 1.165) is 38.6 Å². The molecule has 0 unspecified atom stereocenters. The second-order valence-electron chi connectivity index (χ2n) is 6.56. The summed E-state index contributed by atoms with van der Waals surface area (Å²) < 4.78 is 2.76. The average molecular weight is 471 g/mol. The minimum absolute atomic E-state index is 0.0426. The first-order chi connectivity index (χ1) is 13.6. The predicted octanol–water partition coefficient (Wildman–Crippen LogP) is 5.88. The molecule has 2 aromatic carbocycles. The zero-order valence-corrected chi connectivity index (χ0v) is 17.7. The lowest BCUT2D eigenvalue weighted by Gasteiger charge is -2.05. The number of halogens is 2. The van der Waals surface area contributed by atoms with Crippen molar-refractivity contribution in [3.8, 4) is 10.6 Å². The van der Waals surface area contributed by atoms with Crippen molar-refractivity contribution in [1.29, 1.82) is 0 Å². The lowest BCUT2D eigenvalue weighted by atomic mass is 10.2. The number of nitrogens with zero attached hydrogens (tertiary/aromatic N) is 3. The van der Waals surface area contributed by atoms with Gasteiger partial charge in [0.05, 0.1) is 16.6 Å². The Hall–Kier alpha value is -2.28. The molecular formula is C21H13BrClN3OS. The van der Waals surface area contributed by atoms with Gasteiger partial charge in [0, 0.05) is 27.0 Å². The van der Waals surface area contributed by atoms with Crippen molar-refractivity contribution in [2.75, 3.05) is 0 Å². The Morgan fingerprint density at radius 3 is 2.93 bits per heavy atom. The van der Waals surface area contributed by atoms with E-state index >= 15 is 0 Å². The fourth-order valence-electron chi connectivity index (χ4n) is 3.41. The maximum absolute atomic E-state index is 12.8. The number of rotatable bonds is 2. The summed E-state index contributed by atoms with van der Waals surface area (Å²) in [7, 11) is 0. The van der Waals surface area contributed by atoms with Crippen LogP contribution in [-0.4, -0.2) is 14.5 Å². The van der Waals surface area contributed by atoms with Crippen molar-refractivity contribution < 1.29 is 0 Å². The summed E-state index contributed by atoms with van der Waals surface area (Å²) in [5.41, 5.74) is 3.61. The summed E-state index contributed by atoms with van der Waals surface area (Å²) in [6.45, 7) is 0.623. The Labute approximate surface area is 178 Å². The van der Waals surface area contributed by atoms with Crippen molar-refractivity contribution in [2.24, 2.45) is 0 Å². The fraction of sp³-hybridized carbons (Fsp3) is 0.0952. The second-order valence-corrected chi connectivity index (χ2v) is 8.77. The molecule has 0 amide bonds. The molecule has 3 heterocycles. The van der Waals surface area contributed by atoms with E-state index in [1.165, 1.54) is 0 Å². The Bertz CT molecular complexity index is 1320. The summed E-state index contributed by atoms with van der Waals surface area (Å²) in [6, 6.07) is 13.3. The second kappa shape index (κ2) is 6.95. The maximum Gasteiger partial charge on any atom is 0.261 e. The monoisotopic (exact) mass is 469 g/mol. The predicted molar refractivity (Wildman–Crippen MR) is 119 cm³/mol. The van der Waals surface area contributed by atoms with Crippen molar-refractivity contribution in [1.82, 2.24) is 14.5 Å². The lowest BCUT2D eigenvalue weighted by Crippen LogP contribution is -2.20. The van der Waals surface area contributed by atoms with Crippen molar-refractivity contribution >= 4 is 61.4 Å². The minimum atomic E-state index is -0.0426. The largest absolute Gasteiger partial charge is 0.292 e. The molecule has 0 aliphatic carbocycles. The molecular weight excluding hydrogens is 458 g/mol. The fourth-order valence-corrected chi connectivity index (χ4v) is 4.76. The van der Waals surface area contributed by atoms with Crippen LogP contribution in [0.1, 0.15) is 17.9 Å². The third kappa shape index (κ3) is 3.11. The van der Waals surface area contributed by atoms with Gasteiger partial charge in [0.15, 0.2) is 0 Å². The standard InChI is InChI=1S/C21H13BrClN3OS/c22-14-3-1-2-13(8-14)20-24-16(11-28-20)9-12-6-7-26-19(12)25-18-5-4-15(23)10-17(18)21(26)27/h1-5,8-11H,6-7H2/b12-9-. The van der Waals surface area contributed by atoms with Gasteiger partial charge < -0.3 is 0 Å². The molecule has 1 aliphatic heterocycles. The van der Waals surface area contributed by atoms with Gasteiger partial charge in [-0.3, -0.25) is 9.36 Å². The molecule has 0 bridgehead atoms. The maximum atomic E-state index is 12.8. The quantitative estimate of drug-likeness (QED) is 0.367. The number of hydrogen-bond acceptors (Lipinski definition) is 4. The highest BCUT2D eigenvalue weighted by Gasteiger charge is 2.21. The molecule has 0 atom stereocenters. The van der Waals surface area contributed by atoms with Gasteiger partial charge in [0.25, 0.3) is 5.56 Å². The van der Waals surface area contributed by atoms with Crippen LogP contribution in [0.25, 0.3) is 33.1 Å². The molecule has 4 aromatic rings. The molecule has 0 N–H and O–H groups in total. The minimum Gasteiger partial charge on any atom is -0.292 e. The molecule has 5 rings (SSSR count). The van der Waals surface area contributed by atoms with Crippen LogP contribution in [0.2, 0.25) is 5.02 Å². The Morgan fingerprint density at radius 2 is 2.07 bits per heavy atom. The van der Waals surface area contributed by atoms with Crippen LogP contribution in [0.5, 0.6) is 0 Å². The van der Waals surface area contributed by atoms with E-state index in [0.29, 0.717) is 22.5 Å². The van der Waals surface area contributed by atoms with E-state index in [-0.39, 0.29) is 5.56 Å².